The van der Waals surface area contributed by atoms with Crippen molar-refractivity contribution in [3.05, 3.63) is 70.1 Å². The number of halogens is 1. The Morgan fingerprint density at radius 1 is 1.09 bits per heavy atom. The van der Waals surface area contributed by atoms with Crippen molar-refractivity contribution >= 4 is 44.4 Å². The smallest absolute Gasteiger partial charge is 0.272 e. The number of fused-ring (bicyclic) bond motifs is 2. The molecule has 2 aliphatic rings. The molecule has 1 aliphatic carbocycles. The van der Waals surface area contributed by atoms with Crippen molar-refractivity contribution in [2.24, 2.45) is 5.41 Å². The van der Waals surface area contributed by atoms with Crippen molar-refractivity contribution in [2.45, 2.75) is 85.0 Å². The molecule has 2 amide bonds. The van der Waals surface area contributed by atoms with Crippen molar-refractivity contribution in [3.63, 3.8) is 0 Å². The molecule has 6 rings (SSSR count). The summed E-state index contributed by atoms with van der Waals surface area (Å²) >= 11 is 3.41. The molecule has 3 aromatic heterocycles. The van der Waals surface area contributed by atoms with Crippen LogP contribution in [-0.4, -0.2) is 65.4 Å². The summed E-state index contributed by atoms with van der Waals surface area (Å²) in [5, 5.41) is 8.32. The number of aromatic nitrogens is 5. The third-order valence-electron chi connectivity index (χ3n) is 9.16. The average Bonchev–Trinajstić information content (AvgIpc) is 3.36. The second-order valence-corrected chi connectivity index (χ2v) is 13.3. The molecule has 4 atom stereocenters. The fourth-order valence-corrected chi connectivity index (χ4v) is 6.56. The van der Waals surface area contributed by atoms with Gasteiger partial charge in [-0.3, -0.25) is 19.1 Å². The highest BCUT2D eigenvalue weighted by molar-refractivity contribution is 9.10. The van der Waals surface area contributed by atoms with Crippen LogP contribution in [0.1, 0.15) is 67.6 Å². The van der Waals surface area contributed by atoms with Crippen LogP contribution in [0.25, 0.3) is 22.0 Å². The number of nitrogens with zero attached hydrogens (tertiary/aromatic N) is 6. The largest absolute Gasteiger partial charge is 0.348 e. The molecular formula is C33H36BrN7O3. The molecule has 44 heavy (non-hydrogen) atoms. The third-order valence-corrected chi connectivity index (χ3v) is 9.60. The Kier molecular flexibility index (Phi) is 7.85. The number of carbonyl (C=O) groups excluding carboxylic acids is 3. The summed E-state index contributed by atoms with van der Waals surface area (Å²) in [5.41, 5.74) is 4.17. The monoisotopic (exact) mass is 657 g/mol. The molecule has 0 spiro atoms. The molecule has 0 radical (unpaired) electrons. The highest BCUT2D eigenvalue weighted by atomic mass is 79.9. The number of rotatable bonds is 9. The molecule has 4 aromatic rings. The van der Waals surface area contributed by atoms with E-state index >= 15 is 0 Å². The van der Waals surface area contributed by atoms with Crippen molar-refractivity contribution in [2.75, 3.05) is 0 Å². The second kappa shape index (κ2) is 11.5. The van der Waals surface area contributed by atoms with Crippen LogP contribution < -0.4 is 5.32 Å². The number of ketones is 1. The maximum absolute atomic E-state index is 14.0. The highest BCUT2D eigenvalue weighted by Crippen LogP contribution is 2.59. The van der Waals surface area contributed by atoms with E-state index in [1.165, 1.54) is 0 Å². The summed E-state index contributed by atoms with van der Waals surface area (Å²) in [6.07, 6.45) is 5.95. The zero-order valence-corrected chi connectivity index (χ0v) is 27.2. The molecule has 1 aliphatic heterocycles. The zero-order chi connectivity index (χ0) is 31.3. The first-order valence-electron chi connectivity index (χ1n) is 15.0. The predicted molar refractivity (Wildman–Crippen MR) is 170 cm³/mol. The van der Waals surface area contributed by atoms with Crippen LogP contribution in [-0.2, 0) is 22.6 Å². The quantitative estimate of drug-likeness (QED) is 0.252. The highest BCUT2D eigenvalue weighted by Gasteiger charge is 2.64. The normalized spacial score (nSPS) is 21.3. The Labute approximate surface area is 264 Å². The fourth-order valence-electron chi connectivity index (χ4n) is 6.21. The predicted octanol–water partition coefficient (Wildman–Crippen LogP) is 4.99. The standard InChI is InChI=1S/C33H36BrN7O3/c1-6-19(3)37-32(44)31-23-11-21(22-15-35-20(4)36-16-22)8-9-25(23)40(39-31)17-30(43)41-26(13-33(5)14-28(33)41)27(42)12-24-18(2)7-10-29(34)38-24/h7-11,15-16,19,26,28H,6,12-14,17H2,1-5H3,(H,37,44)/t19?,26-,28+,33-/m0/s1. The lowest BCUT2D eigenvalue weighted by Gasteiger charge is -2.27. The van der Waals surface area contributed by atoms with Crippen molar-refractivity contribution in [1.82, 2.24) is 34.9 Å². The van der Waals surface area contributed by atoms with Crippen LogP contribution in [0.3, 0.4) is 0 Å². The Morgan fingerprint density at radius 2 is 1.84 bits per heavy atom. The third kappa shape index (κ3) is 5.65. The molecule has 1 saturated heterocycles. The van der Waals surface area contributed by atoms with Gasteiger partial charge in [-0.1, -0.05) is 26.0 Å². The van der Waals surface area contributed by atoms with Gasteiger partial charge in [-0.05, 0) is 90.7 Å². The van der Waals surface area contributed by atoms with Crippen LogP contribution >= 0.6 is 15.9 Å². The van der Waals surface area contributed by atoms with Crippen LogP contribution in [0.2, 0.25) is 0 Å². The van der Waals surface area contributed by atoms with Crippen molar-refractivity contribution < 1.29 is 14.4 Å². The maximum Gasteiger partial charge on any atom is 0.272 e. The molecule has 1 N–H and O–H groups in total. The van der Waals surface area contributed by atoms with E-state index in [2.05, 4.69) is 48.2 Å². The zero-order valence-electron chi connectivity index (χ0n) is 25.6. The van der Waals surface area contributed by atoms with Gasteiger partial charge in [-0.15, -0.1) is 0 Å². The number of pyridine rings is 1. The first kappa shape index (κ1) is 30.1. The lowest BCUT2D eigenvalue weighted by atomic mass is 9.96. The summed E-state index contributed by atoms with van der Waals surface area (Å²) in [4.78, 5) is 56.0. The molecule has 0 bridgehead atoms. The SMILES string of the molecule is CCC(C)NC(=O)c1nn(CC(=O)N2[C@H](C(=O)Cc3nc(Br)ccc3C)C[C@@]3(C)C[C@@H]23)c2ccc(-c3cnc(C)nc3)cc12. The first-order valence-corrected chi connectivity index (χ1v) is 15.8. The summed E-state index contributed by atoms with van der Waals surface area (Å²) in [6, 6.07) is 8.95. The van der Waals surface area contributed by atoms with E-state index in [1.807, 2.05) is 58.0 Å². The van der Waals surface area contributed by atoms with Gasteiger partial charge in [0.15, 0.2) is 11.5 Å². The van der Waals surface area contributed by atoms with Gasteiger partial charge in [-0.2, -0.15) is 5.10 Å². The van der Waals surface area contributed by atoms with E-state index in [9.17, 15) is 14.4 Å². The summed E-state index contributed by atoms with van der Waals surface area (Å²) in [7, 11) is 0. The van der Waals surface area contributed by atoms with Crippen LogP contribution in [0.4, 0.5) is 0 Å². The number of likely N-dealkylation sites (tertiary alicyclic amines) is 1. The number of nitrogens with one attached hydrogen (secondary N) is 1. The molecule has 1 aromatic carbocycles. The van der Waals surface area contributed by atoms with Gasteiger partial charge in [0.05, 0.1) is 23.7 Å². The van der Waals surface area contributed by atoms with Crippen molar-refractivity contribution in [1.29, 1.82) is 0 Å². The molecule has 1 unspecified atom stereocenters. The Hall–Kier alpha value is -3.99. The summed E-state index contributed by atoms with van der Waals surface area (Å²) < 4.78 is 2.27. The number of Topliss-reactive ketones (excluding diaryl/α,β-unsaturated/α-hetero) is 1. The molecule has 11 heteroatoms. The van der Waals surface area contributed by atoms with E-state index in [-0.39, 0.29) is 53.8 Å². The lowest BCUT2D eigenvalue weighted by molar-refractivity contribution is -0.139. The average molecular weight is 659 g/mol. The molecule has 1 saturated carbocycles. The van der Waals surface area contributed by atoms with Gasteiger partial charge in [0.25, 0.3) is 5.91 Å². The lowest BCUT2D eigenvalue weighted by Crippen LogP contribution is -2.45. The Morgan fingerprint density at radius 3 is 2.57 bits per heavy atom. The van der Waals surface area contributed by atoms with E-state index in [0.29, 0.717) is 33.4 Å². The van der Waals surface area contributed by atoms with Gasteiger partial charge in [-0.25, -0.2) is 15.0 Å². The van der Waals surface area contributed by atoms with E-state index in [0.717, 1.165) is 29.5 Å². The van der Waals surface area contributed by atoms with Gasteiger partial charge >= 0.3 is 0 Å². The minimum Gasteiger partial charge on any atom is -0.348 e. The summed E-state index contributed by atoms with van der Waals surface area (Å²) in [5.74, 6) is 0.184. The number of hydrogen-bond donors (Lipinski definition) is 1. The van der Waals surface area contributed by atoms with E-state index < -0.39 is 6.04 Å². The molecule has 228 valence electrons. The number of benzene rings is 1. The molecule has 2 fully saturated rings. The molecular weight excluding hydrogens is 622 g/mol. The topological polar surface area (TPSA) is 123 Å². The minimum absolute atomic E-state index is 0.00984. The van der Waals surface area contributed by atoms with Crippen LogP contribution in [0.5, 0.6) is 0 Å². The summed E-state index contributed by atoms with van der Waals surface area (Å²) in [6.45, 7) is 9.77. The van der Waals surface area contributed by atoms with Crippen LogP contribution in [0.15, 0.2) is 47.3 Å². The van der Waals surface area contributed by atoms with Crippen LogP contribution in [0, 0.1) is 19.3 Å². The second-order valence-electron chi connectivity index (χ2n) is 12.5. The Bertz CT molecular complexity index is 1790. The maximum atomic E-state index is 14.0. The van der Waals surface area contributed by atoms with Gasteiger partial charge in [0.1, 0.15) is 17.0 Å². The van der Waals surface area contributed by atoms with E-state index in [4.69, 9.17) is 0 Å². The van der Waals surface area contributed by atoms with Crippen molar-refractivity contribution in [3.8, 4) is 11.1 Å². The van der Waals surface area contributed by atoms with Gasteiger partial charge in [0, 0.05) is 35.4 Å². The fraction of sp³-hybridized carbons (Fsp3) is 0.424. The number of amides is 2. The number of hydrogen-bond acceptors (Lipinski definition) is 7. The van der Waals surface area contributed by atoms with Gasteiger partial charge < -0.3 is 10.2 Å². The number of carbonyl (C=O) groups is 3. The van der Waals surface area contributed by atoms with Gasteiger partial charge in [0.2, 0.25) is 5.91 Å². The number of piperidine rings is 1. The molecule has 4 heterocycles. The van der Waals surface area contributed by atoms with E-state index in [1.54, 1.807) is 22.0 Å². The minimum atomic E-state index is -0.519. The Balaban J connectivity index is 1.31. The number of aryl methyl sites for hydroxylation is 2. The first-order chi connectivity index (χ1) is 21.0. The molecule has 10 nitrogen and oxygen atoms in total.